The number of nitrogens with two attached hydrogens (primary N) is 1. The molecule has 2 bridgehead atoms. The molecule has 1 aromatic rings. The van der Waals surface area contributed by atoms with E-state index in [0.29, 0.717) is 18.1 Å². The lowest BCUT2D eigenvalue weighted by Crippen LogP contribution is -2.45. The Bertz CT molecular complexity index is 369. The van der Waals surface area contributed by atoms with Crippen molar-refractivity contribution in [1.82, 2.24) is 4.90 Å². The minimum absolute atomic E-state index is 0.448. The molecule has 0 spiro atoms. The van der Waals surface area contributed by atoms with Crippen LogP contribution in [0.2, 0.25) is 0 Å². The van der Waals surface area contributed by atoms with Crippen LogP contribution in [0.25, 0.3) is 0 Å². The normalized spacial score (nSPS) is 29.4. The van der Waals surface area contributed by atoms with E-state index < -0.39 is 0 Å². The summed E-state index contributed by atoms with van der Waals surface area (Å²) in [6.45, 7) is 3.95. The highest BCUT2D eigenvalue weighted by molar-refractivity contribution is 5.20. The summed E-state index contributed by atoms with van der Waals surface area (Å²) in [6, 6.07) is 10.6. The van der Waals surface area contributed by atoms with Crippen molar-refractivity contribution in [2.45, 2.75) is 31.0 Å². The molecule has 2 aliphatic rings. The van der Waals surface area contributed by atoms with E-state index in [1.165, 1.54) is 18.4 Å². The second-order valence-electron chi connectivity index (χ2n) is 5.52. The fourth-order valence-corrected chi connectivity index (χ4v) is 3.20. The van der Waals surface area contributed by atoms with Crippen LogP contribution in [0.5, 0.6) is 0 Å². The highest BCUT2D eigenvalue weighted by Gasteiger charge is 2.34. The predicted octanol–water partition coefficient (Wildman–Crippen LogP) is 1.59. The zero-order valence-corrected chi connectivity index (χ0v) is 10.8. The van der Waals surface area contributed by atoms with Gasteiger partial charge in [-0.25, -0.2) is 0 Å². The lowest BCUT2D eigenvalue weighted by atomic mass is 9.98. The Kier molecular flexibility index (Phi) is 3.64. The van der Waals surface area contributed by atoms with Crippen LogP contribution in [-0.4, -0.2) is 43.3 Å². The highest BCUT2D eigenvalue weighted by Crippen LogP contribution is 2.27. The topological polar surface area (TPSA) is 38.5 Å². The molecule has 3 heteroatoms. The van der Waals surface area contributed by atoms with Gasteiger partial charge < -0.3 is 10.5 Å². The molecule has 2 fully saturated rings. The molecule has 3 rings (SSSR count). The maximum atomic E-state index is 5.95. The first-order valence-electron chi connectivity index (χ1n) is 6.98. The average Bonchev–Trinajstić information content (AvgIpc) is 2.76. The molecule has 98 valence electrons. The molecule has 18 heavy (non-hydrogen) atoms. The van der Waals surface area contributed by atoms with Crippen LogP contribution >= 0.6 is 0 Å². The summed E-state index contributed by atoms with van der Waals surface area (Å²) in [7, 11) is 0. The summed E-state index contributed by atoms with van der Waals surface area (Å²) in [6.07, 6.45) is 3.41. The first-order valence-corrected chi connectivity index (χ1v) is 6.98. The number of fused-ring (bicyclic) bond motifs is 2. The van der Waals surface area contributed by atoms with Gasteiger partial charge in [-0.2, -0.15) is 0 Å². The van der Waals surface area contributed by atoms with Crippen molar-refractivity contribution < 1.29 is 4.74 Å². The van der Waals surface area contributed by atoms with E-state index in [-0.39, 0.29) is 0 Å². The molecule has 2 saturated heterocycles. The van der Waals surface area contributed by atoms with Gasteiger partial charge in [0.05, 0.1) is 12.2 Å². The molecule has 0 aromatic heterocycles. The molecular formula is C15H22N2O. The Balaban J connectivity index is 1.64. The molecule has 3 atom stereocenters. The van der Waals surface area contributed by atoms with Crippen LogP contribution in [0.3, 0.4) is 0 Å². The van der Waals surface area contributed by atoms with Gasteiger partial charge in [-0.3, -0.25) is 4.90 Å². The van der Waals surface area contributed by atoms with E-state index in [9.17, 15) is 0 Å². The predicted molar refractivity (Wildman–Crippen MR) is 72.6 cm³/mol. The average molecular weight is 246 g/mol. The first-order chi connectivity index (χ1) is 8.85. The third kappa shape index (κ3) is 2.58. The monoisotopic (exact) mass is 246 g/mol. The van der Waals surface area contributed by atoms with Gasteiger partial charge in [0.1, 0.15) is 0 Å². The number of hydrogen-bond acceptors (Lipinski definition) is 3. The van der Waals surface area contributed by atoms with Crippen molar-refractivity contribution in [1.29, 1.82) is 0 Å². The van der Waals surface area contributed by atoms with Crippen molar-refractivity contribution >= 4 is 0 Å². The Morgan fingerprint density at radius 1 is 1.17 bits per heavy atom. The quantitative estimate of drug-likeness (QED) is 0.877. The molecule has 1 aromatic carbocycles. The number of ether oxygens (including phenoxy) is 1. The van der Waals surface area contributed by atoms with E-state index in [0.717, 1.165) is 26.2 Å². The second-order valence-corrected chi connectivity index (χ2v) is 5.52. The lowest BCUT2D eigenvalue weighted by molar-refractivity contribution is -0.0396. The van der Waals surface area contributed by atoms with Gasteiger partial charge in [0.2, 0.25) is 0 Å². The van der Waals surface area contributed by atoms with Crippen LogP contribution in [-0.2, 0) is 4.74 Å². The molecule has 3 unspecified atom stereocenters. The molecule has 2 heterocycles. The van der Waals surface area contributed by atoms with Crippen LogP contribution < -0.4 is 5.73 Å². The summed E-state index contributed by atoms with van der Waals surface area (Å²) < 4.78 is 5.88. The van der Waals surface area contributed by atoms with Gasteiger partial charge in [-0.15, -0.1) is 0 Å². The third-order valence-electron chi connectivity index (χ3n) is 4.15. The molecular weight excluding hydrogens is 224 g/mol. The van der Waals surface area contributed by atoms with Crippen molar-refractivity contribution in [2.75, 3.05) is 26.2 Å². The molecule has 0 radical (unpaired) electrons. The number of rotatable bonds is 4. The van der Waals surface area contributed by atoms with Gasteiger partial charge in [0.15, 0.2) is 0 Å². The summed E-state index contributed by atoms with van der Waals surface area (Å²) in [5.74, 6) is 0.448. The van der Waals surface area contributed by atoms with Gasteiger partial charge in [-0.1, -0.05) is 30.3 Å². The summed E-state index contributed by atoms with van der Waals surface area (Å²) in [4.78, 5) is 2.54. The summed E-state index contributed by atoms with van der Waals surface area (Å²) >= 11 is 0. The fraction of sp³-hybridized carbons (Fsp3) is 0.600. The first kappa shape index (κ1) is 12.2. The molecule has 2 N–H and O–H groups in total. The fourth-order valence-electron chi connectivity index (χ4n) is 3.20. The number of nitrogens with zero attached hydrogens (tertiary/aromatic N) is 1. The van der Waals surface area contributed by atoms with E-state index in [4.69, 9.17) is 10.5 Å². The zero-order valence-electron chi connectivity index (χ0n) is 10.8. The van der Waals surface area contributed by atoms with Gasteiger partial charge in [-0.05, 0) is 18.4 Å². The molecule has 3 nitrogen and oxygen atoms in total. The Morgan fingerprint density at radius 2 is 1.83 bits per heavy atom. The summed E-state index contributed by atoms with van der Waals surface area (Å²) in [5, 5.41) is 0. The van der Waals surface area contributed by atoms with Gasteiger partial charge in [0.25, 0.3) is 0 Å². The Labute approximate surface area is 109 Å². The SMILES string of the molecule is NCC(CN1CC2CCC(C1)O2)c1ccccc1. The minimum atomic E-state index is 0.448. The number of morpholine rings is 1. The van der Waals surface area contributed by atoms with E-state index in [1.807, 2.05) is 0 Å². The smallest absolute Gasteiger partial charge is 0.0707 e. The van der Waals surface area contributed by atoms with Gasteiger partial charge in [0, 0.05) is 32.1 Å². The van der Waals surface area contributed by atoms with Crippen LogP contribution in [0.1, 0.15) is 24.3 Å². The van der Waals surface area contributed by atoms with Crippen molar-refractivity contribution in [3.63, 3.8) is 0 Å². The van der Waals surface area contributed by atoms with Crippen molar-refractivity contribution in [3.05, 3.63) is 35.9 Å². The number of hydrogen-bond donors (Lipinski definition) is 1. The maximum Gasteiger partial charge on any atom is 0.0707 e. The second kappa shape index (κ2) is 5.39. The van der Waals surface area contributed by atoms with Crippen LogP contribution in [0, 0.1) is 0 Å². The number of likely N-dealkylation sites (tertiary alicyclic amines) is 1. The zero-order chi connectivity index (χ0) is 12.4. The number of benzene rings is 1. The summed E-state index contributed by atoms with van der Waals surface area (Å²) in [5.41, 5.74) is 7.31. The highest BCUT2D eigenvalue weighted by atomic mass is 16.5. The molecule has 0 amide bonds. The minimum Gasteiger partial charge on any atom is -0.372 e. The lowest BCUT2D eigenvalue weighted by Gasteiger charge is -2.34. The van der Waals surface area contributed by atoms with Crippen molar-refractivity contribution in [2.24, 2.45) is 5.73 Å². The van der Waals surface area contributed by atoms with E-state index in [1.54, 1.807) is 0 Å². The van der Waals surface area contributed by atoms with E-state index in [2.05, 4.69) is 35.2 Å². The Morgan fingerprint density at radius 3 is 2.44 bits per heavy atom. The standard InChI is InChI=1S/C15H22N2O/c16-8-13(12-4-2-1-3-5-12)9-17-10-14-6-7-15(11-17)18-14/h1-5,13-15H,6-11,16H2. The molecule has 0 aliphatic carbocycles. The van der Waals surface area contributed by atoms with Crippen molar-refractivity contribution in [3.8, 4) is 0 Å². The van der Waals surface area contributed by atoms with Crippen LogP contribution in [0.15, 0.2) is 30.3 Å². The maximum absolute atomic E-state index is 5.95. The van der Waals surface area contributed by atoms with E-state index >= 15 is 0 Å². The largest absolute Gasteiger partial charge is 0.372 e. The molecule has 0 saturated carbocycles. The third-order valence-corrected chi connectivity index (χ3v) is 4.15. The van der Waals surface area contributed by atoms with Crippen LogP contribution in [0.4, 0.5) is 0 Å². The molecule has 2 aliphatic heterocycles. The van der Waals surface area contributed by atoms with Gasteiger partial charge >= 0.3 is 0 Å². The Hall–Kier alpha value is -0.900.